The summed E-state index contributed by atoms with van der Waals surface area (Å²) >= 11 is 0. The second kappa shape index (κ2) is 5.00. The van der Waals surface area contributed by atoms with E-state index in [9.17, 15) is 0 Å². The number of ether oxygens (including phenoxy) is 1. The zero-order valence-corrected chi connectivity index (χ0v) is 7.84. The van der Waals surface area contributed by atoms with Gasteiger partial charge in [-0.15, -0.1) is 5.92 Å². The minimum Gasteiger partial charge on any atom is -0.365 e. The van der Waals surface area contributed by atoms with Crippen LogP contribution in [0.15, 0.2) is 12.2 Å². The van der Waals surface area contributed by atoms with E-state index in [1.807, 2.05) is 6.92 Å². The van der Waals surface area contributed by atoms with Crippen molar-refractivity contribution in [2.24, 2.45) is 11.8 Å². The van der Waals surface area contributed by atoms with Gasteiger partial charge in [0.2, 0.25) is 0 Å². The van der Waals surface area contributed by atoms with Crippen LogP contribution >= 0.6 is 0 Å². The maximum Gasteiger partial charge on any atom is 0.108 e. The van der Waals surface area contributed by atoms with Gasteiger partial charge in [-0.25, -0.2) is 0 Å². The van der Waals surface area contributed by atoms with Crippen LogP contribution in [0.1, 0.15) is 20.3 Å². The molecule has 0 heterocycles. The average Bonchev–Trinajstić information content (AvgIpc) is 2.74. The van der Waals surface area contributed by atoms with Crippen molar-refractivity contribution >= 4 is 0 Å². The van der Waals surface area contributed by atoms with Gasteiger partial charge in [-0.1, -0.05) is 25.0 Å². The third kappa shape index (κ3) is 3.59. The quantitative estimate of drug-likeness (QED) is 0.352. The number of rotatable bonds is 4. The molecule has 1 aliphatic carbocycles. The number of allylic oxidation sites excluding steroid dienone is 1. The molecule has 12 heavy (non-hydrogen) atoms. The highest BCUT2D eigenvalue weighted by atomic mass is 16.5. The van der Waals surface area contributed by atoms with Gasteiger partial charge in [-0.2, -0.15) is 0 Å². The zero-order valence-electron chi connectivity index (χ0n) is 7.84. The van der Waals surface area contributed by atoms with Gasteiger partial charge in [0.15, 0.2) is 0 Å². The molecule has 0 amide bonds. The fraction of sp³-hybridized carbons (Fsp3) is 0.636. The third-order valence-electron chi connectivity index (χ3n) is 2.12. The maximum atomic E-state index is 5.23. The van der Waals surface area contributed by atoms with Gasteiger partial charge < -0.3 is 4.74 Å². The largest absolute Gasteiger partial charge is 0.365 e. The van der Waals surface area contributed by atoms with Crippen molar-refractivity contribution in [3.05, 3.63) is 12.2 Å². The maximum absolute atomic E-state index is 5.23. The Labute approximate surface area is 74.8 Å². The molecule has 1 aliphatic rings. The Morgan fingerprint density at radius 3 is 2.92 bits per heavy atom. The van der Waals surface area contributed by atoms with Gasteiger partial charge in [-0.05, 0) is 25.2 Å². The Balaban J connectivity index is 1.94. The predicted molar refractivity (Wildman–Crippen MR) is 50.7 cm³/mol. The molecule has 1 heteroatoms. The van der Waals surface area contributed by atoms with Crippen LogP contribution in [0, 0.1) is 23.7 Å². The van der Waals surface area contributed by atoms with Crippen LogP contribution < -0.4 is 0 Å². The second-order valence-electron chi connectivity index (χ2n) is 3.25. The molecular weight excluding hydrogens is 148 g/mol. The molecule has 0 saturated heterocycles. The molecule has 1 fully saturated rings. The molecule has 0 aromatic carbocycles. The van der Waals surface area contributed by atoms with Crippen LogP contribution in [0.2, 0.25) is 0 Å². The van der Waals surface area contributed by atoms with E-state index in [4.69, 9.17) is 4.74 Å². The fourth-order valence-electron chi connectivity index (χ4n) is 1.10. The average molecular weight is 164 g/mol. The fourth-order valence-corrected chi connectivity index (χ4v) is 1.10. The van der Waals surface area contributed by atoms with Gasteiger partial charge in [0.1, 0.15) is 6.61 Å². The molecule has 0 aromatic rings. The molecule has 0 spiro atoms. The van der Waals surface area contributed by atoms with Gasteiger partial charge in [-0.3, -0.25) is 0 Å². The topological polar surface area (TPSA) is 9.23 Å². The smallest absolute Gasteiger partial charge is 0.108 e. The highest BCUT2D eigenvalue weighted by Gasteiger charge is 2.29. The molecule has 1 saturated carbocycles. The van der Waals surface area contributed by atoms with Crippen molar-refractivity contribution in [2.75, 3.05) is 13.2 Å². The Morgan fingerprint density at radius 2 is 2.33 bits per heavy atom. The Morgan fingerprint density at radius 1 is 1.58 bits per heavy atom. The lowest BCUT2D eigenvalue weighted by atomic mass is 10.3. The van der Waals surface area contributed by atoms with Crippen LogP contribution in [-0.2, 0) is 4.74 Å². The molecule has 0 radical (unpaired) electrons. The van der Waals surface area contributed by atoms with Gasteiger partial charge in [0, 0.05) is 0 Å². The van der Waals surface area contributed by atoms with E-state index in [0.717, 1.165) is 11.8 Å². The number of hydrogen-bond acceptors (Lipinski definition) is 1. The molecule has 0 aromatic heterocycles. The summed E-state index contributed by atoms with van der Waals surface area (Å²) in [6, 6.07) is 0. The zero-order chi connectivity index (χ0) is 8.81. The first kappa shape index (κ1) is 9.35. The van der Waals surface area contributed by atoms with Crippen molar-refractivity contribution in [3.63, 3.8) is 0 Å². The second-order valence-corrected chi connectivity index (χ2v) is 3.25. The molecule has 0 aliphatic heterocycles. The highest BCUT2D eigenvalue weighted by molar-refractivity contribution is 5.00. The summed E-state index contributed by atoms with van der Waals surface area (Å²) in [6.45, 7) is 5.36. The summed E-state index contributed by atoms with van der Waals surface area (Å²) in [5.41, 5.74) is 0. The van der Waals surface area contributed by atoms with Crippen LogP contribution in [0.4, 0.5) is 0 Å². The van der Waals surface area contributed by atoms with Crippen LogP contribution in [0.5, 0.6) is 0 Å². The summed E-state index contributed by atoms with van der Waals surface area (Å²) in [5.74, 6) is 7.37. The molecule has 1 rings (SSSR count). The van der Waals surface area contributed by atoms with E-state index >= 15 is 0 Å². The minimum absolute atomic E-state index is 0.557. The van der Waals surface area contributed by atoms with E-state index in [-0.39, 0.29) is 0 Å². The molecule has 0 N–H and O–H groups in total. The highest BCUT2D eigenvalue weighted by Crippen LogP contribution is 2.38. The van der Waals surface area contributed by atoms with Crippen molar-refractivity contribution in [1.29, 1.82) is 0 Å². The summed E-state index contributed by atoms with van der Waals surface area (Å²) in [7, 11) is 0. The third-order valence-corrected chi connectivity index (χ3v) is 2.12. The Kier molecular flexibility index (Phi) is 3.90. The molecule has 2 unspecified atom stereocenters. The lowest BCUT2D eigenvalue weighted by molar-refractivity contribution is 0.199. The van der Waals surface area contributed by atoms with Crippen LogP contribution in [0.25, 0.3) is 0 Å². The first-order valence-electron chi connectivity index (χ1n) is 4.48. The van der Waals surface area contributed by atoms with Gasteiger partial charge >= 0.3 is 0 Å². The molecule has 66 valence electrons. The molecular formula is C11H16O. The Hall–Kier alpha value is -0.740. The first-order valence-corrected chi connectivity index (χ1v) is 4.48. The van der Waals surface area contributed by atoms with E-state index in [2.05, 4.69) is 30.9 Å². The van der Waals surface area contributed by atoms with Crippen LogP contribution in [-0.4, -0.2) is 13.2 Å². The predicted octanol–water partition coefficient (Wildman–Crippen LogP) is 2.24. The summed E-state index contributed by atoms with van der Waals surface area (Å²) in [5, 5.41) is 0. The van der Waals surface area contributed by atoms with Crippen LogP contribution in [0.3, 0.4) is 0 Å². The summed E-state index contributed by atoms with van der Waals surface area (Å²) < 4.78 is 5.23. The van der Waals surface area contributed by atoms with E-state index in [0.29, 0.717) is 13.2 Å². The van der Waals surface area contributed by atoms with Crippen molar-refractivity contribution in [1.82, 2.24) is 0 Å². The normalized spacial score (nSPS) is 26.8. The summed E-state index contributed by atoms with van der Waals surface area (Å²) in [6.07, 6.45) is 5.71. The molecule has 0 bridgehead atoms. The molecule has 2 atom stereocenters. The monoisotopic (exact) mass is 164 g/mol. The van der Waals surface area contributed by atoms with Crippen molar-refractivity contribution in [3.8, 4) is 11.8 Å². The lowest BCUT2D eigenvalue weighted by Gasteiger charge is -1.91. The van der Waals surface area contributed by atoms with Gasteiger partial charge in [0.25, 0.3) is 0 Å². The lowest BCUT2D eigenvalue weighted by Crippen LogP contribution is -1.90. The van der Waals surface area contributed by atoms with Crippen molar-refractivity contribution < 1.29 is 4.74 Å². The Bertz CT molecular complexity index is 207. The first-order chi connectivity index (χ1) is 5.84. The number of hydrogen-bond donors (Lipinski definition) is 0. The van der Waals surface area contributed by atoms with E-state index in [1.54, 1.807) is 0 Å². The molecule has 1 nitrogen and oxygen atoms in total. The van der Waals surface area contributed by atoms with E-state index < -0.39 is 0 Å². The SMILES string of the molecule is CC#CCOC/C=C/C1CC1C. The van der Waals surface area contributed by atoms with E-state index in [1.165, 1.54) is 6.42 Å². The van der Waals surface area contributed by atoms with Gasteiger partial charge in [0.05, 0.1) is 6.61 Å². The summed E-state index contributed by atoms with van der Waals surface area (Å²) in [4.78, 5) is 0. The minimum atomic E-state index is 0.557. The van der Waals surface area contributed by atoms with Crippen molar-refractivity contribution in [2.45, 2.75) is 20.3 Å². The standard InChI is InChI=1S/C11H16O/c1-3-4-7-12-8-5-6-11-9-10(11)2/h5-6,10-11H,7-9H2,1-2H3/b6-5+.